The Labute approximate surface area is 117 Å². The van der Waals surface area contributed by atoms with E-state index in [0.29, 0.717) is 5.69 Å². The molecule has 1 atom stereocenters. The zero-order valence-corrected chi connectivity index (χ0v) is 11.1. The molecule has 0 radical (unpaired) electrons. The third kappa shape index (κ3) is 2.37. The highest BCUT2D eigenvalue weighted by Gasteiger charge is 2.22. The van der Waals surface area contributed by atoms with Crippen molar-refractivity contribution in [3.05, 3.63) is 69.8 Å². The number of nitrogens with zero attached hydrogens (tertiary/aromatic N) is 1. The zero-order valence-electron chi connectivity index (χ0n) is 11.1. The molecule has 0 aliphatic heterocycles. The Balaban J connectivity index is 1.92. The minimum absolute atomic E-state index is 0.135. The molecule has 2 aromatic carbocycles. The van der Waals surface area contributed by atoms with Crippen LogP contribution in [0.2, 0.25) is 0 Å². The Morgan fingerprint density at radius 1 is 1.10 bits per heavy atom. The molecule has 2 aromatic rings. The number of hydrogen-bond acceptors (Lipinski definition) is 3. The maximum atomic E-state index is 11.1. The van der Waals surface area contributed by atoms with Gasteiger partial charge in [-0.25, -0.2) is 0 Å². The third-order valence-corrected chi connectivity index (χ3v) is 3.80. The first-order valence-electron chi connectivity index (χ1n) is 6.83. The topological polar surface area (TPSA) is 55.2 Å². The first kappa shape index (κ1) is 12.7. The number of nitro benzene ring substituents is 1. The van der Waals surface area contributed by atoms with E-state index in [2.05, 4.69) is 17.4 Å². The van der Waals surface area contributed by atoms with Gasteiger partial charge < -0.3 is 5.32 Å². The molecule has 0 saturated carbocycles. The molecule has 1 N–H and O–H groups in total. The van der Waals surface area contributed by atoms with Crippen molar-refractivity contribution in [2.75, 3.05) is 5.32 Å². The summed E-state index contributed by atoms with van der Waals surface area (Å²) in [5.74, 6) is 0. The molecule has 0 amide bonds. The highest BCUT2D eigenvalue weighted by atomic mass is 16.6. The summed E-state index contributed by atoms with van der Waals surface area (Å²) in [6, 6.07) is 15.3. The van der Waals surface area contributed by atoms with Crippen LogP contribution < -0.4 is 5.32 Å². The Bertz CT molecular complexity index is 640. The van der Waals surface area contributed by atoms with Crippen LogP contribution in [-0.2, 0) is 6.42 Å². The molecule has 0 bridgehead atoms. The summed E-state index contributed by atoms with van der Waals surface area (Å²) >= 11 is 0. The number of aryl methyl sites for hydroxylation is 1. The summed E-state index contributed by atoms with van der Waals surface area (Å²) in [7, 11) is 0. The van der Waals surface area contributed by atoms with Gasteiger partial charge in [0.1, 0.15) is 5.69 Å². The van der Waals surface area contributed by atoms with Crippen molar-refractivity contribution < 1.29 is 4.92 Å². The number of para-hydroxylation sites is 2. The average molecular weight is 268 g/mol. The van der Waals surface area contributed by atoms with Crippen LogP contribution in [0.25, 0.3) is 0 Å². The van der Waals surface area contributed by atoms with Crippen LogP contribution in [0.3, 0.4) is 0 Å². The Kier molecular flexibility index (Phi) is 3.37. The van der Waals surface area contributed by atoms with Crippen molar-refractivity contribution in [2.24, 2.45) is 0 Å². The molecule has 4 nitrogen and oxygen atoms in total. The lowest BCUT2D eigenvalue weighted by Gasteiger charge is -2.27. The van der Waals surface area contributed by atoms with Crippen LogP contribution in [0, 0.1) is 10.1 Å². The molecule has 102 valence electrons. The molecule has 1 aliphatic carbocycles. The summed E-state index contributed by atoms with van der Waals surface area (Å²) in [5.41, 5.74) is 3.33. The first-order chi connectivity index (χ1) is 9.75. The molecule has 0 saturated heterocycles. The van der Waals surface area contributed by atoms with Crippen LogP contribution in [-0.4, -0.2) is 4.92 Å². The minimum atomic E-state index is -0.336. The van der Waals surface area contributed by atoms with Crippen LogP contribution in [0.4, 0.5) is 11.4 Å². The predicted octanol–water partition coefficient (Wildman–Crippen LogP) is 4.08. The number of hydrogen-bond donors (Lipinski definition) is 1. The van der Waals surface area contributed by atoms with E-state index in [1.165, 1.54) is 17.2 Å². The van der Waals surface area contributed by atoms with Crippen molar-refractivity contribution in [3.63, 3.8) is 0 Å². The molecule has 4 heteroatoms. The van der Waals surface area contributed by atoms with Gasteiger partial charge in [-0.2, -0.15) is 0 Å². The van der Waals surface area contributed by atoms with Crippen LogP contribution in [0.5, 0.6) is 0 Å². The van der Waals surface area contributed by atoms with E-state index >= 15 is 0 Å². The number of rotatable bonds is 3. The predicted molar refractivity (Wildman–Crippen MR) is 78.8 cm³/mol. The SMILES string of the molecule is O=[N+]([O-])c1ccccc1N[C@@H]1CCCc2ccccc21. The Morgan fingerprint density at radius 2 is 1.85 bits per heavy atom. The van der Waals surface area contributed by atoms with Crippen molar-refractivity contribution in [2.45, 2.75) is 25.3 Å². The smallest absolute Gasteiger partial charge is 0.292 e. The zero-order chi connectivity index (χ0) is 13.9. The van der Waals surface area contributed by atoms with Crippen molar-refractivity contribution in [1.82, 2.24) is 0 Å². The molecule has 1 aliphatic rings. The van der Waals surface area contributed by atoms with E-state index in [4.69, 9.17) is 0 Å². The number of anilines is 1. The van der Waals surface area contributed by atoms with E-state index in [9.17, 15) is 10.1 Å². The summed E-state index contributed by atoms with van der Waals surface area (Å²) in [4.78, 5) is 10.7. The largest absolute Gasteiger partial charge is 0.373 e. The molecule has 0 heterocycles. The fraction of sp³-hybridized carbons (Fsp3) is 0.250. The second kappa shape index (κ2) is 5.33. The molecule has 0 fully saturated rings. The summed E-state index contributed by atoms with van der Waals surface area (Å²) < 4.78 is 0. The van der Waals surface area contributed by atoms with Crippen molar-refractivity contribution >= 4 is 11.4 Å². The summed E-state index contributed by atoms with van der Waals surface area (Å²) in [5, 5.41) is 14.4. The van der Waals surface area contributed by atoms with E-state index < -0.39 is 0 Å². The normalized spacial score (nSPS) is 17.3. The van der Waals surface area contributed by atoms with Gasteiger partial charge in [-0.1, -0.05) is 36.4 Å². The van der Waals surface area contributed by atoms with Gasteiger partial charge in [-0.3, -0.25) is 10.1 Å². The van der Waals surface area contributed by atoms with Gasteiger partial charge in [0.15, 0.2) is 0 Å². The van der Waals surface area contributed by atoms with Gasteiger partial charge in [0, 0.05) is 6.07 Å². The van der Waals surface area contributed by atoms with Crippen LogP contribution >= 0.6 is 0 Å². The Hall–Kier alpha value is -2.36. The molecule has 3 rings (SSSR count). The maximum Gasteiger partial charge on any atom is 0.292 e. The first-order valence-corrected chi connectivity index (χ1v) is 6.83. The number of nitro groups is 1. The lowest BCUT2D eigenvalue weighted by Crippen LogP contribution is -2.17. The second-order valence-electron chi connectivity index (χ2n) is 5.06. The van der Waals surface area contributed by atoms with Gasteiger partial charge in [0.05, 0.1) is 11.0 Å². The maximum absolute atomic E-state index is 11.1. The number of fused-ring (bicyclic) bond motifs is 1. The van der Waals surface area contributed by atoms with E-state index in [1.54, 1.807) is 12.1 Å². The average Bonchev–Trinajstić information content (AvgIpc) is 2.48. The highest BCUT2D eigenvalue weighted by molar-refractivity contribution is 5.62. The van der Waals surface area contributed by atoms with Gasteiger partial charge in [-0.15, -0.1) is 0 Å². The molecular formula is C16H16N2O2. The molecule has 0 spiro atoms. The fourth-order valence-electron chi connectivity index (χ4n) is 2.85. The van der Waals surface area contributed by atoms with Crippen molar-refractivity contribution in [3.8, 4) is 0 Å². The van der Waals surface area contributed by atoms with Crippen LogP contribution in [0.1, 0.15) is 30.0 Å². The standard InChI is InChI=1S/C16H16N2O2/c19-18(20)16-11-4-3-9-15(16)17-14-10-5-7-12-6-1-2-8-13(12)14/h1-4,6,8-9,11,14,17H,5,7,10H2/t14-/m1/s1. The molecule has 20 heavy (non-hydrogen) atoms. The lowest BCUT2D eigenvalue weighted by molar-refractivity contribution is -0.384. The van der Waals surface area contributed by atoms with E-state index in [1.807, 2.05) is 18.2 Å². The Morgan fingerprint density at radius 3 is 2.70 bits per heavy atom. The summed E-state index contributed by atoms with van der Waals surface area (Å²) in [6.45, 7) is 0. The second-order valence-corrected chi connectivity index (χ2v) is 5.06. The van der Waals surface area contributed by atoms with Gasteiger partial charge >= 0.3 is 0 Å². The molecular weight excluding hydrogens is 252 g/mol. The monoisotopic (exact) mass is 268 g/mol. The molecule has 0 aromatic heterocycles. The fourth-order valence-corrected chi connectivity index (χ4v) is 2.85. The van der Waals surface area contributed by atoms with Gasteiger partial charge in [0.2, 0.25) is 0 Å². The highest BCUT2D eigenvalue weighted by Crippen LogP contribution is 2.34. The van der Waals surface area contributed by atoms with Crippen molar-refractivity contribution in [1.29, 1.82) is 0 Å². The number of benzene rings is 2. The van der Waals surface area contributed by atoms with Crippen LogP contribution in [0.15, 0.2) is 48.5 Å². The molecule has 0 unspecified atom stereocenters. The quantitative estimate of drug-likeness (QED) is 0.674. The summed E-state index contributed by atoms with van der Waals surface area (Å²) in [6.07, 6.45) is 3.20. The van der Waals surface area contributed by atoms with E-state index in [0.717, 1.165) is 19.3 Å². The third-order valence-electron chi connectivity index (χ3n) is 3.80. The van der Waals surface area contributed by atoms with E-state index in [-0.39, 0.29) is 16.7 Å². The lowest BCUT2D eigenvalue weighted by atomic mass is 9.87. The minimum Gasteiger partial charge on any atom is -0.373 e. The van der Waals surface area contributed by atoms with Gasteiger partial charge in [-0.05, 0) is 36.5 Å². The van der Waals surface area contributed by atoms with Gasteiger partial charge in [0.25, 0.3) is 5.69 Å². The number of nitrogens with one attached hydrogen (secondary N) is 1.